The number of benzene rings is 2. The lowest BCUT2D eigenvalue weighted by atomic mass is 10.00. The fraction of sp³-hybridized carbons (Fsp3) is 0.250. The normalized spacial score (nSPS) is 14.8. The number of amides is 2. The molecule has 0 radical (unpaired) electrons. The molecule has 4 aromatic rings. The van der Waals surface area contributed by atoms with Crippen molar-refractivity contribution in [2.45, 2.75) is 31.1 Å². The molecule has 2 aromatic carbocycles. The first-order valence-electron chi connectivity index (χ1n) is 12.4. The molecule has 5 rings (SSSR count). The third-order valence-electron chi connectivity index (χ3n) is 6.44. The predicted molar refractivity (Wildman–Crippen MR) is 152 cm³/mol. The van der Waals surface area contributed by atoms with Crippen molar-refractivity contribution in [2.75, 3.05) is 12.9 Å². The first-order valence-corrected chi connectivity index (χ1v) is 14.2. The predicted octanol–water partition coefficient (Wildman–Crippen LogP) is 4.59. The van der Waals surface area contributed by atoms with Crippen LogP contribution < -0.4 is 10.1 Å². The van der Waals surface area contributed by atoms with Gasteiger partial charge in [-0.2, -0.15) is 5.10 Å². The lowest BCUT2D eigenvalue weighted by Crippen LogP contribution is -2.28. The Labute approximate surface area is 234 Å². The molecular weight excluding hydrogens is 532 g/mol. The zero-order valence-electron chi connectivity index (χ0n) is 21.8. The second-order valence-electron chi connectivity index (χ2n) is 9.02. The molecule has 9 nitrogen and oxygen atoms in total. The maximum absolute atomic E-state index is 13.4. The van der Waals surface area contributed by atoms with Gasteiger partial charge in [0.05, 0.1) is 41.6 Å². The van der Waals surface area contributed by atoms with Gasteiger partial charge < -0.3 is 14.6 Å². The van der Waals surface area contributed by atoms with Gasteiger partial charge in [0.1, 0.15) is 5.75 Å². The van der Waals surface area contributed by atoms with E-state index in [1.807, 2.05) is 37.6 Å². The number of methoxy groups -OCH3 is 1. The Morgan fingerprint density at radius 3 is 2.64 bits per heavy atom. The summed E-state index contributed by atoms with van der Waals surface area (Å²) in [5.41, 5.74) is 3.59. The first-order chi connectivity index (χ1) is 18.9. The molecule has 1 aliphatic heterocycles. The fourth-order valence-corrected chi connectivity index (χ4v) is 5.79. The molecule has 0 aliphatic carbocycles. The average Bonchev–Trinajstić information content (AvgIpc) is 3.71. The lowest BCUT2D eigenvalue weighted by molar-refractivity contribution is -0.130. The Hall–Kier alpha value is -3.96. The van der Waals surface area contributed by atoms with Gasteiger partial charge in [-0.05, 0) is 36.1 Å². The van der Waals surface area contributed by atoms with E-state index < -0.39 is 0 Å². The molecule has 1 aliphatic rings. The SMILES string of the molecule is COc1ccccc1C(=O)NCc1nnc(SCC(=O)N2N=C(c3cccs3)C[C@@H]2c2ccc(C)cc2)n1C. The molecule has 0 bridgehead atoms. The van der Waals surface area contributed by atoms with Gasteiger partial charge in [-0.25, -0.2) is 5.01 Å². The third kappa shape index (κ3) is 5.89. The van der Waals surface area contributed by atoms with E-state index in [0.29, 0.717) is 28.7 Å². The zero-order chi connectivity index (χ0) is 27.4. The van der Waals surface area contributed by atoms with Crippen LogP contribution in [-0.2, 0) is 18.4 Å². The molecule has 3 heterocycles. The number of ether oxygens (including phenoxy) is 1. The van der Waals surface area contributed by atoms with E-state index in [1.54, 1.807) is 39.1 Å². The Morgan fingerprint density at radius 2 is 1.90 bits per heavy atom. The minimum absolute atomic E-state index is 0.105. The van der Waals surface area contributed by atoms with Crippen LogP contribution in [0, 0.1) is 6.92 Å². The van der Waals surface area contributed by atoms with Crippen LogP contribution in [0.4, 0.5) is 0 Å². The Bertz CT molecular complexity index is 1500. The van der Waals surface area contributed by atoms with Gasteiger partial charge in [0.15, 0.2) is 11.0 Å². The van der Waals surface area contributed by atoms with E-state index in [-0.39, 0.29) is 30.2 Å². The number of hydrazone groups is 1. The van der Waals surface area contributed by atoms with Gasteiger partial charge in [-0.1, -0.05) is 59.8 Å². The van der Waals surface area contributed by atoms with Gasteiger partial charge in [-0.15, -0.1) is 21.5 Å². The molecule has 0 unspecified atom stereocenters. The second kappa shape index (κ2) is 11.8. The summed E-state index contributed by atoms with van der Waals surface area (Å²) < 4.78 is 7.05. The van der Waals surface area contributed by atoms with E-state index in [4.69, 9.17) is 9.84 Å². The van der Waals surface area contributed by atoms with Crippen LogP contribution in [0.1, 0.15) is 44.6 Å². The lowest BCUT2D eigenvalue weighted by Gasteiger charge is -2.22. The summed E-state index contributed by atoms with van der Waals surface area (Å²) in [7, 11) is 3.34. The summed E-state index contributed by atoms with van der Waals surface area (Å²) in [6, 6.07) is 19.1. The highest BCUT2D eigenvalue weighted by Gasteiger charge is 2.33. The Morgan fingerprint density at radius 1 is 1.10 bits per heavy atom. The molecule has 1 N–H and O–H groups in total. The molecule has 2 aromatic heterocycles. The number of nitrogens with zero attached hydrogens (tertiary/aromatic N) is 5. The van der Waals surface area contributed by atoms with Crippen LogP contribution in [0.15, 0.2) is 76.3 Å². The Balaban J connectivity index is 1.25. The molecule has 11 heteroatoms. The van der Waals surface area contributed by atoms with Gasteiger partial charge in [0.25, 0.3) is 11.8 Å². The van der Waals surface area contributed by atoms with Crippen molar-refractivity contribution in [3.8, 4) is 5.75 Å². The molecule has 2 amide bonds. The van der Waals surface area contributed by atoms with Gasteiger partial charge in [0, 0.05) is 13.5 Å². The number of thioether (sulfide) groups is 1. The van der Waals surface area contributed by atoms with Crippen molar-refractivity contribution in [3.63, 3.8) is 0 Å². The number of thiophene rings is 1. The number of hydrogen-bond donors (Lipinski definition) is 1. The van der Waals surface area contributed by atoms with E-state index in [1.165, 1.54) is 24.4 Å². The highest BCUT2D eigenvalue weighted by molar-refractivity contribution is 7.99. The van der Waals surface area contributed by atoms with Crippen molar-refractivity contribution in [3.05, 3.63) is 93.4 Å². The molecule has 0 saturated carbocycles. The molecule has 0 spiro atoms. The zero-order valence-corrected chi connectivity index (χ0v) is 23.5. The highest BCUT2D eigenvalue weighted by atomic mass is 32.2. The summed E-state index contributed by atoms with van der Waals surface area (Å²) in [5, 5.41) is 20.3. The summed E-state index contributed by atoms with van der Waals surface area (Å²) in [6.45, 7) is 2.23. The fourth-order valence-electron chi connectivity index (χ4n) is 4.28. The summed E-state index contributed by atoms with van der Waals surface area (Å²) >= 11 is 2.92. The number of rotatable bonds is 9. The summed E-state index contributed by atoms with van der Waals surface area (Å²) in [4.78, 5) is 27.1. The third-order valence-corrected chi connectivity index (χ3v) is 8.37. The molecule has 39 heavy (non-hydrogen) atoms. The van der Waals surface area contributed by atoms with Crippen molar-refractivity contribution in [1.29, 1.82) is 0 Å². The Kier molecular flexibility index (Phi) is 8.08. The first kappa shape index (κ1) is 26.6. The van der Waals surface area contributed by atoms with Crippen LogP contribution in [0.2, 0.25) is 0 Å². The molecule has 1 atom stereocenters. The summed E-state index contributed by atoms with van der Waals surface area (Å²) in [6.07, 6.45) is 0.667. The number of para-hydroxylation sites is 1. The summed E-state index contributed by atoms with van der Waals surface area (Å²) in [5.74, 6) is 0.855. The van der Waals surface area contributed by atoms with Crippen molar-refractivity contribution in [1.82, 2.24) is 25.1 Å². The van der Waals surface area contributed by atoms with E-state index in [2.05, 4.69) is 39.8 Å². The standard InChI is InChI=1S/C28H28N6O3S2/c1-18-10-12-19(13-11-18)22-15-21(24-9-6-14-38-24)32-34(22)26(35)17-39-28-31-30-25(33(28)2)16-29-27(36)20-7-4-5-8-23(20)37-3/h4-14,22H,15-17H2,1-3H3,(H,29,36)/t22-/m1/s1. The van der Waals surface area contributed by atoms with Crippen LogP contribution >= 0.6 is 23.1 Å². The number of aryl methyl sites for hydroxylation is 1. The molecule has 0 fully saturated rings. The number of carbonyl (C=O) groups excluding carboxylic acids is 2. The van der Waals surface area contributed by atoms with Crippen molar-refractivity contribution < 1.29 is 14.3 Å². The minimum atomic E-state index is -0.268. The quantitative estimate of drug-likeness (QED) is 0.301. The smallest absolute Gasteiger partial charge is 0.255 e. The van der Waals surface area contributed by atoms with E-state index in [9.17, 15) is 9.59 Å². The van der Waals surface area contributed by atoms with E-state index in [0.717, 1.165) is 16.2 Å². The van der Waals surface area contributed by atoms with Crippen molar-refractivity contribution >= 4 is 40.6 Å². The number of hydrogen-bond acceptors (Lipinski definition) is 8. The maximum atomic E-state index is 13.4. The van der Waals surface area contributed by atoms with Crippen LogP contribution in [0.25, 0.3) is 0 Å². The van der Waals surface area contributed by atoms with Crippen LogP contribution in [0.5, 0.6) is 5.75 Å². The van der Waals surface area contributed by atoms with E-state index >= 15 is 0 Å². The number of aromatic nitrogens is 3. The largest absolute Gasteiger partial charge is 0.496 e. The minimum Gasteiger partial charge on any atom is -0.496 e. The molecule has 200 valence electrons. The van der Waals surface area contributed by atoms with Gasteiger partial charge in [-0.3, -0.25) is 9.59 Å². The second-order valence-corrected chi connectivity index (χ2v) is 10.9. The highest BCUT2D eigenvalue weighted by Crippen LogP contribution is 2.34. The topological polar surface area (TPSA) is 102 Å². The van der Waals surface area contributed by atoms with Crippen molar-refractivity contribution in [2.24, 2.45) is 12.1 Å². The molecule has 0 saturated heterocycles. The maximum Gasteiger partial charge on any atom is 0.255 e. The number of nitrogens with one attached hydrogen (secondary N) is 1. The molecular formula is C28H28N6O3S2. The van der Waals surface area contributed by atoms with Gasteiger partial charge in [0.2, 0.25) is 0 Å². The van der Waals surface area contributed by atoms with Gasteiger partial charge >= 0.3 is 0 Å². The van der Waals surface area contributed by atoms with Crippen LogP contribution in [0.3, 0.4) is 0 Å². The van der Waals surface area contributed by atoms with Crippen LogP contribution in [-0.4, -0.2) is 50.2 Å². The number of carbonyl (C=O) groups is 2. The monoisotopic (exact) mass is 560 g/mol. The average molecular weight is 561 g/mol.